The van der Waals surface area contributed by atoms with Gasteiger partial charge in [0.05, 0.1) is 17.7 Å². The zero-order valence-corrected chi connectivity index (χ0v) is 13.1. The molecule has 24 heavy (non-hydrogen) atoms. The Balaban J connectivity index is 1.62. The van der Waals surface area contributed by atoms with Crippen molar-refractivity contribution in [3.63, 3.8) is 0 Å². The lowest BCUT2D eigenvalue weighted by atomic mass is 10.2. The number of nitro groups is 1. The van der Waals surface area contributed by atoms with E-state index >= 15 is 0 Å². The molecular weight excluding hydrogens is 308 g/mol. The van der Waals surface area contributed by atoms with E-state index in [0.717, 1.165) is 11.3 Å². The van der Waals surface area contributed by atoms with E-state index in [1.54, 1.807) is 16.9 Å². The van der Waals surface area contributed by atoms with Crippen LogP contribution in [0.3, 0.4) is 0 Å². The maximum absolute atomic E-state index is 10.8. The number of benzene rings is 2. The maximum Gasteiger partial charge on any atom is 0.269 e. The molecule has 0 amide bonds. The molecule has 0 aliphatic rings. The molecule has 7 nitrogen and oxygen atoms in total. The van der Waals surface area contributed by atoms with Crippen LogP contribution in [0.5, 0.6) is 5.75 Å². The molecule has 0 saturated carbocycles. The number of non-ortho nitro benzene ring substituents is 1. The van der Waals surface area contributed by atoms with Gasteiger partial charge in [0, 0.05) is 12.1 Å². The molecule has 0 unspecified atom stereocenters. The summed E-state index contributed by atoms with van der Waals surface area (Å²) in [5.74, 6) is 0.772. The second-order valence-electron chi connectivity index (χ2n) is 5.44. The van der Waals surface area contributed by atoms with E-state index in [9.17, 15) is 10.1 Å². The van der Waals surface area contributed by atoms with Crippen LogP contribution >= 0.6 is 0 Å². The molecule has 1 aromatic heterocycles. The summed E-state index contributed by atoms with van der Waals surface area (Å²) in [5.41, 5.74) is 2.72. The van der Waals surface area contributed by atoms with Gasteiger partial charge in [-0.1, -0.05) is 35.0 Å². The van der Waals surface area contributed by atoms with Gasteiger partial charge in [-0.3, -0.25) is 10.1 Å². The van der Waals surface area contributed by atoms with Crippen LogP contribution in [0.25, 0.3) is 0 Å². The van der Waals surface area contributed by atoms with Crippen LogP contribution in [-0.2, 0) is 13.2 Å². The summed E-state index contributed by atoms with van der Waals surface area (Å²) < 4.78 is 7.29. The van der Waals surface area contributed by atoms with Crippen LogP contribution in [0.15, 0.2) is 54.7 Å². The standard InChI is InChI=1S/C17H16N4O3/c1-13-5-7-17(8-6-13)24-12-15-11-20(19-18-15)10-14-3-2-4-16(9-14)21(22)23/h2-9,11H,10,12H2,1H3. The number of nitrogens with zero attached hydrogens (tertiary/aromatic N) is 4. The molecule has 0 spiro atoms. The molecule has 0 radical (unpaired) electrons. The molecule has 3 rings (SSSR count). The zero-order chi connectivity index (χ0) is 16.9. The molecule has 0 fully saturated rings. The Morgan fingerprint density at radius 2 is 2.00 bits per heavy atom. The number of rotatable bonds is 6. The van der Waals surface area contributed by atoms with Gasteiger partial charge in [0.25, 0.3) is 5.69 Å². The van der Waals surface area contributed by atoms with Gasteiger partial charge in [-0.15, -0.1) is 5.10 Å². The normalized spacial score (nSPS) is 10.5. The van der Waals surface area contributed by atoms with Crippen molar-refractivity contribution in [3.8, 4) is 5.75 Å². The zero-order valence-electron chi connectivity index (χ0n) is 13.1. The highest BCUT2D eigenvalue weighted by molar-refractivity contribution is 5.34. The van der Waals surface area contributed by atoms with E-state index in [1.807, 2.05) is 37.3 Å². The molecule has 1 heterocycles. The van der Waals surface area contributed by atoms with Gasteiger partial charge in [0.15, 0.2) is 0 Å². The monoisotopic (exact) mass is 324 g/mol. The fourth-order valence-corrected chi connectivity index (χ4v) is 2.23. The molecule has 0 bridgehead atoms. The topological polar surface area (TPSA) is 83.1 Å². The number of aryl methyl sites for hydroxylation is 1. The Hall–Kier alpha value is -3.22. The highest BCUT2D eigenvalue weighted by Crippen LogP contribution is 2.15. The smallest absolute Gasteiger partial charge is 0.269 e. The van der Waals surface area contributed by atoms with Crippen molar-refractivity contribution in [3.05, 3.63) is 81.7 Å². The van der Waals surface area contributed by atoms with Gasteiger partial charge >= 0.3 is 0 Å². The van der Waals surface area contributed by atoms with Crippen molar-refractivity contribution >= 4 is 5.69 Å². The Kier molecular flexibility index (Phi) is 4.51. The lowest BCUT2D eigenvalue weighted by molar-refractivity contribution is -0.384. The summed E-state index contributed by atoms with van der Waals surface area (Å²) in [6.07, 6.45) is 1.77. The highest BCUT2D eigenvalue weighted by atomic mass is 16.6. The Morgan fingerprint density at radius 1 is 1.21 bits per heavy atom. The van der Waals surface area contributed by atoms with E-state index in [2.05, 4.69) is 10.3 Å². The molecule has 0 aliphatic heterocycles. The third-order valence-electron chi connectivity index (χ3n) is 3.46. The molecule has 3 aromatic rings. The number of aromatic nitrogens is 3. The van der Waals surface area contributed by atoms with Crippen LogP contribution in [0.2, 0.25) is 0 Å². The molecule has 2 aromatic carbocycles. The van der Waals surface area contributed by atoms with Crippen molar-refractivity contribution < 1.29 is 9.66 Å². The van der Waals surface area contributed by atoms with Crippen LogP contribution < -0.4 is 4.74 Å². The van der Waals surface area contributed by atoms with Gasteiger partial charge in [-0.2, -0.15) is 0 Å². The second-order valence-corrected chi connectivity index (χ2v) is 5.44. The molecule has 0 saturated heterocycles. The predicted molar refractivity (Wildman–Crippen MR) is 87.7 cm³/mol. The maximum atomic E-state index is 10.8. The summed E-state index contributed by atoms with van der Waals surface area (Å²) in [6.45, 7) is 2.75. The number of hydrogen-bond donors (Lipinski definition) is 0. The minimum atomic E-state index is -0.411. The van der Waals surface area contributed by atoms with Crippen molar-refractivity contribution in [2.45, 2.75) is 20.1 Å². The number of hydrogen-bond acceptors (Lipinski definition) is 5. The van der Waals surface area contributed by atoms with Crippen LogP contribution in [0.1, 0.15) is 16.8 Å². The minimum absolute atomic E-state index is 0.0653. The van der Waals surface area contributed by atoms with Crippen LogP contribution in [-0.4, -0.2) is 19.9 Å². The van der Waals surface area contributed by atoms with Crippen molar-refractivity contribution in [2.75, 3.05) is 0 Å². The highest BCUT2D eigenvalue weighted by Gasteiger charge is 2.07. The summed E-state index contributed by atoms with van der Waals surface area (Å²) in [5, 5.41) is 18.9. The fraction of sp³-hybridized carbons (Fsp3) is 0.176. The lowest BCUT2D eigenvalue weighted by Crippen LogP contribution is -2.01. The first kappa shape index (κ1) is 15.7. The van der Waals surface area contributed by atoms with Crippen molar-refractivity contribution in [1.82, 2.24) is 15.0 Å². The SMILES string of the molecule is Cc1ccc(OCc2cn(Cc3cccc([N+](=O)[O-])c3)nn2)cc1. The van der Waals surface area contributed by atoms with Crippen LogP contribution in [0.4, 0.5) is 5.69 Å². The van der Waals surface area contributed by atoms with E-state index in [4.69, 9.17) is 4.74 Å². The second kappa shape index (κ2) is 6.91. The van der Waals surface area contributed by atoms with Crippen molar-refractivity contribution in [2.24, 2.45) is 0 Å². The van der Waals surface area contributed by atoms with Crippen molar-refractivity contribution in [1.29, 1.82) is 0 Å². The summed E-state index contributed by atoms with van der Waals surface area (Å²) >= 11 is 0. The molecule has 0 aliphatic carbocycles. The van der Waals surface area contributed by atoms with Crippen LogP contribution in [0, 0.1) is 17.0 Å². The lowest BCUT2D eigenvalue weighted by Gasteiger charge is -2.03. The average molecular weight is 324 g/mol. The quantitative estimate of drug-likeness (QED) is 0.514. The van der Waals surface area contributed by atoms with Gasteiger partial charge in [0.1, 0.15) is 18.1 Å². The third kappa shape index (κ3) is 3.95. The van der Waals surface area contributed by atoms with E-state index in [1.165, 1.54) is 17.7 Å². The average Bonchev–Trinajstić information content (AvgIpc) is 3.02. The first-order valence-electron chi connectivity index (χ1n) is 7.42. The molecule has 7 heteroatoms. The number of ether oxygens (including phenoxy) is 1. The Labute approximate surface area is 138 Å². The van der Waals surface area contributed by atoms with E-state index in [-0.39, 0.29) is 5.69 Å². The molecule has 0 N–H and O–H groups in total. The first-order valence-corrected chi connectivity index (χ1v) is 7.42. The minimum Gasteiger partial charge on any atom is -0.487 e. The predicted octanol–water partition coefficient (Wildman–Crippen LogP) is 3.12. The molecule has 0 atom stereocenters. The van der Waals surface area contributed by atoms with E-state index < -0.39 is 4.92 Å². The molecule has 122 valence electrons. The third-order valence-corrected chi connectivity index (χ3v) is 3.46. The first-order chi connectivity index (χ1) is 11.6. The summed E-state index contributed by atoms with van der Waals surface area (Å²) in [4.78, 5) is 10.4. The Bertz CT molecular complexity index is 843. The van der Waals surface area contributed by atoms with Gasteiger partial charge < -0.3 is 4.74 Å². The Morgan fingerprint density at radius 3 is 2.75 bits per heavy atom. The van der Waals surface area contributed by atoms with Gasteiger partial charge in [0.2, 0.25) is 0 Å². The van der Waals surface area contributed by atoms with Gasteiger partial charge in [-0.25, -0.2) is 4.68 Å². The largest absolute Gasteiger partial charge is 0.487 e. The van der Waals surface area contributed by atoms with E-state index in [0.29, 0.717) is 18.8 Å². The van der Waals surface area contributed by atoms with Gasteiger partial charge in [-0.05, 0) is 24.6 Å². The number of nitro benzene ring substituents is 1. The molecular formula is C17H16N4O3. The summed E-state index contributed by atoms with van der Waals surface area (Å²) in [6, 6.07) is 14.2. The fourth-order valence-electron chi connectivity index (χ4n) is 2.23. The summed E-state index contributed by atoms with van der Waals surface area (Å²) in [7, 11) is 0.